The second-order valence-corrected chi connectivity index (χ2v) is 19.4. The van der Waals surface area contributed by atoms with E-state index in [1.807, 2.05) is 12.1 Å². The molecule has 2 aliphatic rings. The number of unbranched alkanes of at least 4 members (excludes halogenated alkanes) is 4. The monoisotopic (exact) mass is 872 g/mol. The van der Waals surface area contributed by atoms with Gasteiger partial charge in [-0.25, -0.2) is 4.85 Å². The number of anilines is 3. The Labute approximate surface area is 390 Å². The molecule has 9 rings (SSSR count). The van der Waals surface area contributed by atoms with E-state index in [2.05, 4.69) is 159 Å². The van der Waals surface area contributed by atoms with E-state index in [4.69, 9.17) is 6.57 Å². The van der Waals surface area contributed by atoms with Gasteiger partial charge in [-0.05, 0) is 130 Å². The largest absolute Gasteiger partial charge is 0.486 e. The fraction of sp³-hybridized carbons (Fsp3) is 0.300. The number of thiophene rings is 1. The lowest BCUT2D eigenvalue weighted by atomic mass is 9.70. The van der Waals surface area contributed by atoms with Gasteiger partial charge >= 0.3 is 5.97 Å². The average molecular weight is 873 g/mol. The molecular weight excluding hydrogens is 813 g/mol. The molecule has 1 N–H and O–H groups in total. The maximum Gasteiger partial charge on any atom is 0.333 e. The number of nitrogens with zero attached hydrogens (tertiary/aromatic N) is 2. The molecular formula is C60H60N2O2S. The molecule has 0 saturated carbocycles. The van der Waals surface area contributed by atoms with Gasteiger partial charge in [0.2, 0.25) is 0 Å². The standard InChI is InChI=1S/C60H60N2O2S/c1-6-10-34-59(35-11-7-2)51-24-18-16-21-45(51)47-29-26-41(38-53(47)59)62(42-27-30-48-46-22-17-19-25-52(46)60(36-12-8-3,37-13-9-4)54(48)39-42)56-32-31-50(44-20-14-15-23-49(44)56)57-33-28-43(65-57)40-55(61-5)58(63)64/h14-33,38-40H,6-13,34-37H2,1-4H3,(H,63,64)/b55-40-. The summed E-state index contributed by atoms with van der Waals surface area (Å²) in [6, 6.07) is 50.3. The summed E-state index contributed by atoms with van der Waals surface area (Å²) < 4.78 is 0. The van der Waals surface area contributed by atoms with Crippen molar-refractivity contribution >= 4 is 51.2 Å². The van der Waals surface area contributed by atoms with Crippen molar-refractivity contribution in [2.24, 2.45) is 0 Å². The quantitative estimate of drug-likeness (QED) is 0.0690. The van der Waals surface area contributed by atoms with Gasteiger partial charge in [0.25, 0.3) is 5.70 Å². The molecule has 65 heavy (non-hydrogen) atoms. The minimum Gasteiger partial charge on any atom is -0.486 e. The van der Waals surface area contributed by atoms with E-state index in [9.17, 15) is 9.90 Å². The van der Waals surface area contributed by atoms with E-state index in [-0.39, 0.29) is 16.5 Å². The molecule has 4 nitrogen and oxygen atoms in total. The Morgan fingerprint density at radius 2 is 1.03 bits per heavy atom. The Morgan fingerprint density at radius 1 is 0.569 bits per heavy atom. The van der Waals surface area contributed by atoms with Crippen LogP contribution in [-0.4, -0.2) is 11.1 Å². The molecule has 1 aromatic heterocycles. The van der Waals surface area contributed by atoms with Crippen LogP contribution in [0, 0.1) is 6.57 Å². The molecule has 7 aromatic rings. The normalized spacial score (nSPS) is 14.1. The summed E-state index contributed by atoms with van der Waals surface area (Å²) in [5.41, 5.74) is 15.5. The summed E-state index contributed by atoms with van der Waals surface area (Å²) in [6.45, 7) is 16.7. The van der Waals surface area contributed by atoms with Crippen LogP contribution >= 0.6 is 11.3 Å². The Bertz CT molecular complexity index is 2830. The van der Waals surface area contributed by atoms with Crippen LogP contribution in [0.5, 0.6) is 0 Å². The Morgan fingerprint density at radius 3 is 1.52 bits per heavy atom. The molecule has 2 aliphatic carbocycles. The summed E-state index contributed by atoms with van der Waals surface area (Å²) in [5.74, 6) is -1.21. The third-order valence-corrected chi connectivity index (χ3v) is 15.6. The minimum atomic E-state index is -1.21. The van der Waals surface area contributed by atoms with E-state index in [0.717, 1.165) is 83.1 Å². The zero-order chi connectivity index (χ0) is 45.1. The second kappa shape index (κ2) is 18.7. The van der Waals surface area contributed by atoms with Gasteiger partial charge in [0.05, 0.1) is 12.3 Å². The highest BCUT2D eigenvalue weighted by Gasteiger charge is 2.44. The van der Waals surface area contributed by atoms with Crippen LogP contribution in [0.1, 0.15) is 132 Å². The van der Waals surface area contributed by atoms with E-state index in [1.165, 1.54) is 99.0 Å². The molecule has 0 radical (unpaired) electrons. The van der Waals surface area contributed by atoms with Crippen LogP contribution in [-0.2, 0) is 15.6 Å². The topological polar surface area (TPSA) is 44.9 Å². The van der Waals surface area contributed by atoms with Gasteiger partial charge in [-0.15, -0.1) is 11.3 Å². The van der Waals surface area contributed by atoms with E-state index in [1.54, 1.807) is 0 Å². The van der Waals surface area contributed by atoms with Crippen molar-refractivity contribution < 1.29 is 9.90 Å². The zero-order valence-electron chi connectivity index (χ0n) is 38.4. The molecule has 0 bridgehead atoms. The highest BCUT2D eigenvalue weighted by molar-refractivity contribution is 7.16. The lowest BCUT2D eigenvalue weighted by Crippen LogP contribution is -2.26. The number of carbonyl (C=O) groups is 1. The molecule has 0 aliphatic heterocycles. The Balaban J connectivity index is 1.29. The van der Waals surface area contributed by atoms with Crippen LogP contribution in [0.15, 0.2) is 139 Å². The highest BCUT2D eigenvalue weighted by atomic mass is 32.1. The molecule has 328 valence electrons. The third kappa shape index (κ3) is 7.70. The van der Waals surface area contributed by atoms with Crippen molar-refractivity contribution in [1.82, 2.24) is 0 Å². The number of hydrogen-bond donors (Lipinski definition) is 1. The first-order valence-electron chi connectivity index (χ1n) is 24.1. The van der Waals surface area contributed by atoms with Crippen LogP contribution < -0.4 is 4.90 Å². The molecule has 5 heteroatoms. The number of carboxylic acids is 1. The maximum atomic E-state index is 11.7. The lowest BCUT2D eigenvalue weighted by Gasteiger charge is -2.35. The average Bonchev–Trinajstić information content (AvgIpc) is 4.00. The van der Waals surface area contributed by atoms with Crippen molar-refractivity contribution in [3.63, 3.8) is 0 Å². The zero-order valence-corrected chi connectivity index (χ0v) is 39.2. The van der Waals surface area contributed by atoms with Crippen LogP contribution in [0.4, 0.5) is 17.1 Å². The van der Waals surface area contributed by atoms with Gasteiger partial charge in [0, 0.05) is 37.3 Å². The van der Waals surface area contributed by atoms with Gasteiger partial charge in [-0.2, -0.15) is 0 Å². The maximum absolute atomic E-state index is 11.7. The molecule has 0 spiro atoms. The lowest BCUT2D eigenvalue weighted by molar-refractivity contribution is -0.132. The molecule has 0 unspecified atom stereocenters. The summed E-state index contributed by atoms with van der Waals surface area (Å²) in [5, 5.41) is 11.9. The molecule has 0 atom stereocenters. The molecule has 6 aromatic carbocycles. The number of hydrogen-bond acceptors (Lipinski definition) is 3. The summed E-state index contributed by atoms with van der Waals surface area (Å²) in [7, 11) is 0. The fourth-order valence-electron chi connectivity index (χ4n) is 11.4. The third-order valence-electron chi connectivity index (χ3n) is 14.5. The number of rotatable bonds is 18. The van der Waals surface area contributed by atoms with Crippen molar-refractivity contribution in [3.8, 4) is 32.7 Å². The summed E-state index contributed by atoms with van der Waals surface area (Å²) in [6.07, 6.45) is 15.3. The van der Waals surface area contributed by atoms with Gasteiger partial charge in [-0.1, -0.05) is 170 Å². The highest BCUT2D eigenvalue weighted by Crippen LogP contribution is 2.58. The van der Waals surface area contributed by atoms with Crippen LogP contribution in [0.3, 0.4) is 0 Å². The van der Waals surface area contributed by atoms with E-state index in [0.29, 0.717) is 0 Å². The number of aliphatic carboxylic acids is 1. The number of carboxylic acid groups (broad SMARTS) is 1. The van der Waals surface area contributed by atoms with Crippen molar-refractivity contribution in [3.05, 3.63) is 178 Å². The fourth-order valence-corrected chi connectivity index (χ4v) is 12.4. The van der Waals surface area contributed by atoms with E-state index >= 15 is 0 Å². The first kappa shape index (κ1) is 44.0. The smallest absolute Gasteiger partial charge is 0.333 e. The Kier molecular flexibility index (Phi) is 12.7. The van der Waals surface area contributed by atoms with Gasteiger partial charge < -0.3 is 10.0 Å². The van der Waals surface area contributed by atoms with Gasteiger partial charge in [-0.3, -0.25) is 4.79 Å². The van der Waals surface area contributed by atoms with Crippen LogP contribution in [0.2, 0.25) is 0 Å². The predicted octanol–water partition coefficient (Wildman–Crippen LogP) is 17.7. The molecule has 0 fully saturated rings. The van der Waals surface area contributed by atoms with Crippen molar-refractivity contribution in [2.75, 3.05) is 4.90 Å². The van der Waals surface area contributed by atoms with Crippen molar-refractivity contribution in [1.29, 1.82) is 0 Å². The second-order valence-electron chi connectivity index (χ2n) is 18.3. The Hall–Kier alpha value is -6.22. The summed E-state index contributed by atoms with van der Waals surface area (Å²) in [4.78, 5) is 19.3. The van der Waals surface area contributed by atoms with Gasteiger partial charge in [0.15, 0.2) is 0 Å². The molecule has 1 heterocycles. The van der Waals surface area contributed by atoms with Crippen molar-refractivity contribution in [2.45, 2.75) is 116 Å². The minimum absolute atomic E-state index is 0.0559. The number of fused-ring (bicyclic) bond motifs is 7. The predicted molar refractivity (Wildman–Crippen MR) is 275 cm³/mol. The molecule has 0 amide bonds. The van der Waals surface area contributed by atoms with Gasteiger partial charge in [0.1, 0.15) is 0 Å². The van der Waals surface area contributed by atoms with E-state index < -0.39 is 5.97 Å². The number of benzene rings is 6. The molecule has 0 saturated heterocycles. The first-order chi connectivity index (χ1) is 31.8. The SMILES string of the molecule is [C-]#[N+]/C(=C\c1ccc(-c2ccc(N(c3ccc4c(c3)C(CCCC)(CCCC)c3ccccc3-4)c3ccc4c(c3)C(CCCC)(CCCC)c3ccccc3-4)c3ccccc23)s1)C(=O)O. The first-order valence-corrected chi connectivity index (χ1v) is 24.9. The summed E-state index contributed by atoms with van der Waals surface area (Å²) >= 11 is 1.51. The van der Waals surface area contributed by atoms with Crippen LogP contribution in [0.25, 0.3) is 54.4 Å².